The highest BCUT2D eigenvalue weighted by Gasteiger charge is 2.50. The molecule has 2 aromatic heterocycles. The minimum absolute atomic E-state index is 0.166. The molecule has 6 nitrogen and oxygen atoms in total. The predicted molar refractivity (Wildman–Crippen MR) is 86.5 cm³/mol. The first-order valence-corrected chi connectivity index (χ1v) is 8.64. The van der Waals surface area contributed by atoms with E-state index in [1.54, 1.807) is 0 Å². The number of aromatic nitrogens is 5. The summed E-state index contributed by atoms with van der Waals surface area (Å²) in [6.07, 6.45) is 3.74. The second kappa shape index (κ2) is 5.21. The summed E-state index contributed by atoms with van der Waals surface area (Å²) in [5.74, 6) is 3.15. The van der Waals surface area contributed by atoms with Crippen LogP contribution in [0, 0.1) is 12.7 Å². The topological polar surface area (TPSA) is 69.6 Å². The Hall–Kier alpha value is -2.57. The monoisotopic (exact) mass is 339 g/mol. The van der Waals surface area contributed by atoms with E-state index in [0.29, 0.717) is 5.89 Å². The molecule has 1 aliphatic carbocycles. The van der Waals surface area contributed by atoms with E-state index in [-0.39, 0.29) is 17.2 Å². The van der Waals surface area contributed by atoms with Gasteiger partial charge in [-0.25, -0.2) is 14.1 Å². The Labute approximate surface area is 144 Å². The van der Waals surface area contributed by atoms with Gasteiger partial charge >= 0.3 is 0 Å². The average molecular weight is 339 g/mol. The van der Waals surface area contributed by atoms with E-state index in [0.717, 1.165) is 55.3 Å². The van der Waals surface area contributed by atoms with E-state index in [2.05, 4.69) is 15.2 Å². The molecule has 3 heterocycles. The number of benzene rings is 1. The lowest BCUT2D eigenvalue weighted by Crippen LogP contribution is -2.20. The largest absolute Gasteiger partial charge is 0.339 e. The van der Waals surface area contributed by atoms with Crippen LogP contribution in [-0.2, 0) is 18.4 Å². The average Bonchev–Trinajstić information content (AvgIpc) is 3.10. The molecule has 1 saturated carbocycles. The van der Waals surface area contributed by atoms with Crippen LogP contribution in [0.15, 0.2) is 28.8 Å². The van der Waals surface area contributed by atoms with E-state index >= 15 is 0 Å². The maximum atomic E-state index is 13.2. The third kappa shape index (κ3) is 2.37. The molecule has 3 aromatic rings. The molecule has 25 heavy (non-hydrogen) atoms. The van der Waals surface area contributed by atoms with Crippen LogP contribution < -0.4 is 0 Å². The summed E-state index contributed by atoms with van der Waals surface area (Å²) in [5.41, 5.74) is 0.845. The van der Waals surface area contributed by atoms with Crippen molar-refractivity contribution in [1.82, 2.24) is 24.9 Å². The SMILES string of the molecule is Cc1nc2n(n1)CC(c1nc(C3(c4ccc(F)cc4)CC3)no1)CC2. The number of aryl methyl sites for hydroxylation is 2. The van der Waals surface area contributed by atoms with Crippen LogP contribution in [0.1, 0.15) is 54.1 Å². The van der Waals surface area contributed by atoms with E-state index in [9.17, 15) is 4.39 Å². The maximum absolute atomic E-state index is 13.2. The number of nitrogens with zero attached hydrogens (tertiary/aromatic N) is 5. The molecule has 5 rings (SSSR count). The van der Waals surface area contributed by atoms with Gasteiger partial charge in [-0.1, -0.05) is 17.3 Å². The van der Waals surface area contributed by atoms with E-state index < -0.39 is 0 Å². The van der Waals surface area contributed by atoms with E-state index in [4.69, 9.17) is 9.51 Å². The summed E-state index contributed by atoms with van der Waals surface area (Å²) in [7, 11) is 0. The van der Waals surface area contributed by atoms with Crippen molar-refractivity contribution in [3.8, 4) is 0 Å². The fourth-order valence-electron chi connectivity index (χ4n) is 3.77. The molecule has 7 heteroatoms. The summed E-state index contributed by atoms with van der Waals surface area (Å²) in [4.78, 5) is 9.15. The Morgan fingerprint density at radius 1 is 1.20 bits per heavy atom. The molecule has 0 radical (unpaired) electrons. The fourth-order valence-corrected chi connectivity index (χ4v) is 3.77. The smallest absolute Gasteiger partial charge is 0.231 e. The lowest BCUT2D eigenvalue weighted by Gasteiger charge is -2.19. The molecule has 0 saturated heterocycles. The minimum atomic E-state index is -0.227. The van der Waals surface area contributed by atoms with Crippen LogP contribution in [0.25, 0.3) is 0 Å². The van der Waals surface area contributed by atoms with Gasteiger partial charge in [0.25, 0.3) is 0 Å². The van der Waals surface area contributed by atoms with E-state index in [1.807, 2.05) is 23.7 Å². The lowest BCUT2D eigenvalue weighted by molar-refractivity contribution is 0.305. The second-order valence-electron chi connectivity index (χ2n) is 7.04. The quantitative estimate of drug-likeness (QED) is 0.734. The van der Waals surface area contributed by atoms with Crippen LogP contribution >= 0.6 is 0 Å². The molecule has 0 amide bonds. The zero-order valence-corrected chi connectivity index (χ0v) is 13.9. The Kier molecular flexibility index (Phi) is 3.07. The van der Waals surface area contributed by atoms with Crippen molar-refractivity contribution in [1.29, 1.82) is 0 Å². The van der Waals surface area contributed by atoms with Crippen molar-refractivity contribution in [3.63, 3.8) is 0 Å². The molecule has 128 valence electrons. The van der Waals surface area contributed by atoms with Gasteiger partial charge in [0.1, 0.15) is 17.5 Å². The first kappa shape index (κ1) is 14.7. The van der Waals surface area contributed by atoms with Gasteiger partial charge in [0.15, 0.2) is 5.82 Å². The summed E-state index contributed by atoms with van der Waals surface area (Å²) in [6.45, 7) is 2.63. The molecule has 1 atom stereocenters. The molecule has 1 unspecified atom stereocenters. The lowest BCUT2D eigenvalue weighted by atomic mass is 9.95. The number of hydrogen-bond donors (Lipinski definition) is 0. The highest BCUT2D eigenvalue weighted by atomic mass is 19.1. The number of halogens is 1. The Balaban J connectivity index is 1.42. The molecular formula is C18H18FN5O. The molecule has 0 N–H and O–H groups in total. The van der Waals surface area contributed by atoms with Crippen LogP contribution in [0.3, 0.4) is 0 Å². The minimum Gasteiger partial charge on any atom is -0.339 e. The Morgan fingerprint density at radius 2 is 2.00 bits per heavy atom. The molecule has 2 aliphatic rings. The van der Waals surface area contributed by atoms with Crippen molar-refractivity contribution >= 4 is 0 Å². The highest BCUT2D eigenvalue weighted by molar-refractivity contribution is 5.39. The molecule has 1 fully saturated rings. The fraction of sp³-hybridized carbons (Fsp3) is 0.444. The number of hydrogen-bond acceptors (Lipinski definition) is 5. The van der Waals surface area contributed by atoms with Gasteiger partial charge in [-0.05, 0) is 43.9 Å². The summed E-state index contributed by atoms with van der Waals surface area (Å²) in [6, 6.07) is 6.63. The molecule has 1 aliphatic heterocycles. The predicted octanol–water partition coefficient (Wildman–Crippen LogP) is 2.92. The summed E-state index contributed by atoms with van der Waals surface area (Å²) < 4.78 is 20.8. The van der Waals surface area contributed by atoms with Gasteiger partial charge in [-0.3, -0.25) is 0 Å². The third-order valence-electron chi connectivity index (χ3n) is 5.33. The normalized spacial score (nSPS) is 21.1. The second-order valence-corrected chi connectivity index (χ2v) is 7.04. The molecule has 1 aromatic carbocycles. The molecule has 0 bridgehead atoms. The van der Waals surface area contributed by atoms with Gasteiger partial charge in [0, 0.05) is 6.42 Å². The standard InChI is InChI=1S/C18H18FN5O/c1-11-20-15-7-2-12(10-24(15)22-11)16-21-17(23-25-16)18(8-9-18)13-3-5-14(19)6-4-13/h3-6,12H,2,7-10H2,1H3. The van der Waals surface area contributed by atoms with Gasteiger partial charge in [-0.2, -0.15) is 10.1 Å². The highest BCUT2D eigenvalue weighted by Crippen LogP contribution is 2.52. The number of fused-ring (bicyclic) bond motifs is 1. The first-order valence-electron chi connectivity index (χ1n) is 8.64. The zero-order valence-electron chi connectivity index (χ0n) is 13.9. The van der Waals surface area contributed by atoms with Gasteiger partial charge in [-0.15, -0.1) is 0 Å². The Bertz CT molecular complexity index is 925. The van der Waals surface area contributed by atoms with Crippen molar-refractivity contribution in [2.24, 2.45) is 0 Å². The van der Waals surface area contributed by atoms with Crippen LogP contribution in [0.5, 0.6) is 0 Å². The molecule has 0 spiro atoms. The van der Waals surface area contributed by atoms with Crippen molar-refractivity contribution in [2.45, 2.75) is 50.5 Å². The molecular weight excluding hydrogens is 321 g/mol. The summed E-state index contributed by atoms with van der Waals surface area (Å²) in [5, 5.41) is 8.69. The Morgan fingerprint density at radius 3 is 2.76 bits per heavy atom. The van der Waals surface area contributed by atoms with Gasteiger partial charge in [0.2, 0.25) is 5.89 Å². The third-order valence-corrected chi connectivity index (χ3v) is 5.33. The van der Waals surface area contributed by atoms with Crippen LogP contribution in [0.2, 0.25) is 0 Å². The van der Waals surface area contributed by atoms with Crippen molar-refractivity contribution in [2.75, 3.05) is 0 Å². The number of rotatable bonds is 3. The first-order chi connectivity index (χ1) is 12.1. The van der Waals surface area contributed by atoms with Crippen LogP contribution in [-0.4, -0.2) is 24.9 Å². The van der Waals surface area contributed by atoms with Gasteiger partial charge in [0.05, 0.1) is 17.9 Å². The van der Waals surface area contributed by atoms with Gasteiger partial charge < -0.3 is 4.52 Å². The maximum Gasteiger partial charge on any atom is 0.231 e. The van der Waals surface area contributed by atoms with Crippen LogP contribution in [0.4, 0.5) is 4.39 Å². The van der Waals surface area contributed by atoms with E-state index in [1.165, 1.54) is 12.1 Å². The van der Waals surface area contributed by atoms with Crippen molar-refractivity contribution < 1.29 is 8.91 Å². The van der Waals surface area contributed by atoms with Crippen molar-refractivity contribution in [3.05, 3.63) is 59.0 Å². The summed E-state index contributed by atoms with van der Waals surface area (Å²) >= 11 is 0. The zero-order chi connectivity index (χ0) is 17.0.